The fraction of sp³-hybridized carbons (Fsp3) is 0.320. The van der Waals surface area contributed by atoms with E-state index in [1.165, 1.54) is 14.2 Å². The molecule has 0 amide bonds. The van der Waals surface area contributed by atoms with Gasteiger partial charge in [0.2, 0.25) is 0 Å². The first-order chi connectivity index (χ1) is 15.0. The van der Waals surface area contributed by atoms with Crippen LogP contribution in [-0.4, -0.2) is 31.4 Å². The Morgan fingerprint density at radius 2 is 1.77 bits per heavy atom. The molecule has 1 heterocycles. The topological polar surface area (TPSA) is 55.8 Å². The van der Waals surface area contributed by atoms with Crippen molar-refractivity contribution < 1.29 is 18.4 Å². The van der Waals surface area contributed by atoms with Crippen LogP contribution in [0.1, 0.15) is 42.2 Å². The zero-order valence-corrected chi connectivity index (χ0v) is 19.3. The lowest BCUT2D eigenvalue weighted by Gasteiger charge is -2.34. The van der Waals surface area contributed by atoms with Crippen molar-refractivity contribution in [3.63, 3.8) is 0 Å². The van der Waals surface area contributed by atoms with Gasteiger partial charge < -0.3 is 13.8 Å². The molecule has 1 aliphatic heterocycles. The summed E-state index contributed by atoms with van der Waals surface area (Å²) in [6, 6.07) is 18.1. The largest absolute Gasteiger partial charge is 0.351 e. The zero-order valence-electron chi connectivity index (χ0n) is 18.4. The van der Waals surface area contributed by atoms with Gasteiger partial charge in [-0.1, -0.05) is 72.8 Å². The number of hydrogen-bond donors (Lipinski definition) is 0. The molecule has 3 rings (SSSR count). The fourth-order valence-electron chi connectivity index (χ4n) is 3.88. The monoisotopic (exact) mass is 439 g/mol. The van der Waals surface area contributed by atoms with Gasteiger partial charge in [0.1, 0.15) is 11.6 Å². The van der Waals surface area contributed by atoms with Gasteiger partial charge in [0, 0.05) is 33.7 Å². The van der Waals surface area contributed by atoms with Crippen LogP contribution in [0.2, 0.25) is 0 Å². The molecule has 2 aromatic rings. The lowest BCUT2D eigenvalue weighted by Crippen LogP contribution is -2.29. The number of Topliss-reactive ketones (excluding diaryl/α,β-unsaturated/α-hetero) is 1. The molecule has 0 radical (unpaired) electrons. The summed E-state index contributed by atoms with van der Waals surface area (Å²) in [5, 5.41) is 0. The van der Waals surface area contributed by atoms with E-state index in [1.54, 1.807) is 6.92 Å². The first-order valence-corrected chi connectivity index (χ1v) is 12.0. The molecular formula is C25H30NO4P. The Bertz CT molecular complexity index is 992. The molecule has 0 saturated heterocycles. The first-order valence-electron chi connectivity index (χ1n) is 10.4. The lowest BCUT2D eigenvalue weighted by molar-refractivity contribution is -0.116. The average molecular weight is 439 g/mol. The lowest BCUT2D eigenvalue weighted by atomic mass is 9.99. The van der Waals surface area contributed by atoms with Gasteiger partial charge in [-0.25, -0.2) is 0 Å². The SMILES string of the molecule is COP(=O)(OC)C1c2ccccc2C(/C=C/CCC(C)=O)=CCN1Cc1ccccc1. The van der Waals surface area contributed by atoms with Crippen LogP contribution in [0.15, 0.2) is 72.8 Å². The predicted molar refractivity (Wildman–Crippen MR) is 125 cm³/mol. The Morgan fingerprint density at radius 1 is 1.10 bits per heavy atom. The second-order valence-electron chi connectivity index (χ2n) is 7.58. The molecule has 164 valence electrons. The number of hydrogen-bond acceptors (Lipinski definition) is 5. The van der Waals surface area contributed by atoms with Crippen molar-refractivity contribution in [2.24, 2.45) is 0 Å². The van der Waals surface area contributed by atoms with Crippen LogP contribution in [0.3, 0.4) is 0 Å². The van der Waals surface area contributed by atoms with Crippen LogP contribution < -0.4 is 0 Å². The summed E-state index contributed by atoms with van der Waals surface area (Å²) in [5.41, 5.74) is 4.07. The van der Waals surface area contributed by atoms with Gasteiger partial charge in [-0.15, -0.1) is 0 Å². The molecule has 5 nitrogen and oxygen atoms in total. The van der Waals surface area contributed by atoms with Gasteiger partial charge >= 0.3 is 7.60 Å². The minimum absolute atomic E-state index is 0.176. The van der Waals surface area contributed by atoms with Crippen molar-refractivity contribution in [3.8, 4) is 0 Å². The van der Waals surface area contributed by atoms with Gasteiger partial charge in [-0.3, -0.25) is 9.46 Å². The van der Waals surface area contributed by atoms with E-state index < -0.39 is 13.4 Å². The number of nitrogens with zero attached hydrogens (tertiary/aromatic N) is 1. The number of ketones is 1. The van der Waals surface area contributed by atoms with Crippen molar-refractivity contribution in [2.75, 3.05) is 20.8 Å². The molecule has 0 saturated carbocycles. The maximum atomic E-state index is 13.7. The van der Waals surface area contributed by atoms with E-state index >= 15 is 0 Å². The predicted octanol–water partition coefficient (Wildman–Crippen LogP) is 6.00. The first kappa shape index (κ1) is 23.4. The molecular weight excluding hydrogens is 409 g/mol. The Balaban J connectivity index is 2.05. The average Bonchev–Trinajstić information content (AvgIpc) is 2.94. The van der Waals surface area contributed by atoms with E-state index in [0.717, 1.165) is 22.3 Å². The zero-order chi connectivity index (χ0) is 22.3. The number of benzene rings is 2. The third-order valence-electron chi connectivity index (χ3n) is 5.44. The van der Waals surface area contributed by atoms with Crippen molar-refractivity contribution in [1.82, 2.24) is 4.90 Å². The highest BCUT2D eigenvalue weighted by Crippen LogP contribution is 2.62. The molecule has 0 fully saturated rings. The number of carbonyl (C=O) groups excluding carboxylic acids is 1. The normalized spacial score (nSPS) is 17.3. The Morgan fingerprint density at radius 3 is 2.45 bits per heavy atom. The summed E-state index contributed by atoms with van der Waals surface area (Å²) in [5.74, 6) is -0.367. The summed E-state index contributed by atoms with van der Waals surface area (Å²) in [4.78, 5) is 13.4. The quantitative estimate of drug-likeness (QED) is 0.449. The molecule has 1 aliphatic rings. The van der Waals surface area contributed by atoms with Gasteiger partial charge in [0.25, 0.3) is 0 Å². The Kier molecular flexibility index (Phi) is 8.16. The smallest absolute Gasteiger partial charge is 0.311 e. The number of carbonyl (C=O) groups is 1. The minimum Gasteiger partial charge on any atom is -0.311 e. The summed E-state index contributed by atoms with van der Waals surface area (Å²) in [7, 11) is -0.579. The molecule has 31 heavy (non-hydrogen) atoms. The van der Waals surface area contributed by atoms with Gasteiger partial charge in [-0.05, 0) is 35.6 Å². The molecule has 6 heteroatoms. The number of rotatable bonds is 9. The summed E-state index contributed by atoms with van der Waals surface area (Å²) in [6.07, 6.45) is 7.44. The van der Waals surface area contributed by atoms with Crippen LogP contribution in [0.4, 0.5) is 0 Å². The van der Waals surface area contributed by atoms with Crippen LogP contribution in [0.25, 0.3) is 5.57 Å². The molecule has 0 aliphatic carbocycles. The van der Waals surface area contributed by atoms with Crippen LogP contribution in [0.5, 0.6) is 0 Å². The third kappa shape index (κ3) is 5.69. The summed E-state index contributed by atoms with van der Waals surface area (Å²) in [6.45, 7) is 2.79. The van der Waals surface area contributed by atoms with E-state index in [-0.39, 0.29) is 5.78 Å². The highest BCUT2D eigenvalue weighted by molar-refractivity contribution is 7.54. The van der Waals surface area contributed by atoms with E-state index in [2.05, 4.69) is 29.2 Å². The number of fused-ring (bicyclic) bond motifs is 1. The summed E-state index contributed by atoms with van der Waals surface area (Å²) >= 11 is 0. The van der Waals surface area contributed by atoms with E-state index in [0.29, 0.717) is 25.9 Å². The van der Waals surface area contributed by atoms with E-state index in [4.69, 9.17) is 9.05 Å². The Hall–Kier alpha value is -2.30. The van der Waals surface area contributed by atoms with Gasteiger partial charge in [0.15, 0.2) is 0 Å². The van der Waals surface area contributed by atoms with Crippen LogP contribution in [0, 0.1) is 0 Å². The van der Waals surface area contributed by atoms with E-state index in [9.17, 15) is 9.36 Å². The second kappa shape index (κ2) is 10.8. The third-order valence-corrected chi connectivity index (χ3v) is 7.66. The van der Waals surface area contributed by atoms with E-state index in [1.807, 2.05) is 48.5 Å². The molecule has 1 unspecified atom stereocenters. The maximum Gasteiger partial charge on any atom is 0.351 e. The fourth-order valence-corrected chi connectivity index (χ4v) is 5.57. The molecule has 0 N–H and O–H groups in total. The standard InChI is InChI=1S/C25H30NO4P/c1-20(27)11-7-8-14-22-17-18-26(19-21-12-5-4-6-13-21)25(31(28,29-2)30-3)24-16-10-9-15-23(22)24/h4-6,8-10,12-17,25H,7,11,18-19H2,1-3H3/b14-8+. The van der Waals surface area contributed by atoms with Gasteiger partial charge in [0.05, 0.1) is 0 Å². The molecule has 2 aromatic carbocycles. The van der Waals surface area contributed by atoms with Crippen LogP contribution in [-0.2, 0) is 25.0 Å². The highest BCUT2D eigenvalue weighted by atomic mass is 31.2. The Labute approximate surface area is 184 Å². The second-order valence-corrected chi connectivity index (χ2v) is 9.88. The molecule has 0 spiro atoms. The van der Waals surface area contributed by atoms with Gasteiger partial charge in [-0.2, -0.15) is 0 Å². The summed E-state index contributed by atoms with van der Waals surface area (Å²) < 4.78 is 24.7. The molecule has 1 atom stereocenters. The van der Waals surface area contributed by atoms with Crippen LogP contribution >= 0.6 is 7.60 Å². The maximum absolute atomic E-state index is 13.7. The number of allylic oxidation sites excluding steroid dienone is 3. The minimum atomic E-state index is -3.46. The highest BCUT2D eigenvalue weighted by Gasteiger charge is 2.42. The van der Waals surface area contributed by atoms with Crippen molar-refractivity contribution >= 4 is 19.0 Å². The van der Waals surface area contributed by atoms with Crippen molar-refractivity contribution in [2.45, 2.75) is 32.1 Å². The molecule has 0 bridgehead atoms. The molecule has 0 aromatic heterocycles. The van der Waals surface area contributed by atoms with Crippen molar-refractivity contribution in [1.29, 1.82) is 0 Å². The van der Waals surface area contributed by atoms with Crippen molar-refractivity contribution in [3.05, 3.63) is 89.5 Å².